The van der Waals surface area contributed by atoms with Crippen LogP contribution in [-0.2, 0) is 26.2 Å². The second-order valence-electron chi connectivity index (χ2n) is 6.13. The zero-order chi connectivity index (χ0) is 22.0. The summed E-state index contributed by atoms with van der Waals surface area (Å²) in [7, 11) is -8.37. The van der Waals surface area contributed by atoms with Crippen LogP contribution < -0.4 is 9.44 Å². The zero-order valence-electron chi connectivity index (χ0n) is 15.1. The number of rotatable bonds is 6. The second-order valence-corrected chi connectivity index (χ2v) is 9.50. The van der Waals surface area contributed by atoms with E-state index in [0.29, 0.717) is 12.1 Å². The van der Waals surface area contributed by atoms with Gasteiger partial charge in [0.25, 0.3) is 20.0 Å². The maximum absolute atomic E-state index is 13.3. The van der Waals surface area contributed by atoms with Crippen LogP contribution in [0.5, 0.6) is 0 Å². The molecule has 3 aromatic rings. The first-order valence-electron chi connectivity index (χ1n) is 8.35. The summed E-state index contributed by atoms with van der Waals surface area (Å²) in [6.45, 7) is 0. The van der Waals surface area contributed by atoms with E-state index in [-0.39, 0.29) is 9.79 Å². The van der Waals surface area contributed by atoms with Crippen LogP contribution in [0.15, 0.2) is 88.7 Å². The summed E-state index contributed by atoms with van der Waals surface area (Å²) in [6, 6.07) is 16.2. The van der Waals surface area contributed by atoms with Crippen molar-refractivity contribution in [1.29, 1.82) is 0 Å². The lowest BCUT2D eigenvalue weighted by Crippen LogP contribution is -2.16. The number of benzene rings is 3. The third-order valence-electron chi connectivity index (χ3n) is 3.87. The Bertz CT molecular complexity index is 1160. The van der Waals surface area contributed by atoms with Crippen molar-refractivity contribution >= 4 is 31.4 Å². The van der Waals surface area contributed by atoms with Crippen molar-refractivity contribution in [1.82, 2.24) is 0 Å². The molecule has 0 aliphatic carbocycles. The SMILES string of the molecule is O=S(=O)(Nc1cc(NS(=O)(=O)c2ccccc2)cc(C(F)(F)F)c1)c1ccccc1. The molecular formula is C19H15F3N2O4S2. The van der Waals surface area contributed by atoms with E-state index in [1.54, 1.807) is 12.1 Å². The molecule has 3 rings (SSSR count). The van der Waals surface area contributed by atoms with Crippen molar-refractivity contribution in [2.75, 3.05) is 9.44 Å². The highest BCUT2D eigenvalue weighted by atomic mass is 32.2. The summed E-state index contributed by atoms with van der Waals surface area (Å²) >= 11 is 0. The average molecular weight is 456 g/mol. The number of anilines is 2. The monoisotopic (exact) mass is 456 g/mol. The smallest absolute Gasteiger partial charge is 0.280 e. The minimum atomic E-state index is -4.83. The third kappa shape index (κ3) is 5.10. The number of nitrogens with one attached hydrogen (secondary N) is 2. The lowest BCUT2D eigenvalue weighted by atomic mass is 10.2. The fourth-order valence-corrected chi connectivity index (χ4v) is 4.66. The minimum absolute atomic E-state index is 0.158. The highest BCUT2D eigenvalue weighted by Crippen LogP contribution is 2.34. The molecule has 3 aromatic carbocycles. The molecule has 0 unspecified atom stereocenters. The second kappa shape index (κ2) is 8.00. The Morgan fingerprint density at radius 3 is 1.30 bits per heavy atom. The molecule has 0 amide bonds. The van der Waals surface area contributed by atoms with Crippen molar-refractivity contribution in [3.63, 3.8) is 0 Å². The quantitative estimate of drug-likeness (QED) is 0.578. The van der Waals surface area contributed by atoms with Crippen LogP contribution in [0.3, 0.4) is 0 Å². The number of hydrogen-bond donors (Lipinski definition) is 2. The Hall–Kier alpha value is -3.05. The summed E-state index contributed by atoms with van der Waals surface area (Å²) in [4.78, 5) is -0.317. The number of halogens is 3. The van der Waals surface area contributed by atoms with E-state index in [4.69, 9.17) is 0 Å². The lowest BCUT2D eigenvalue weighted by molar-refractivity contribution is -0.137. The standard InChI is InChI=1S/C19H15F3N2O4S2/c20-19(21,22)14-11-15(23-29(25,26)17-7-3-1-4-8-17)13-16(12-14)24-30(27,28)18-9-5-2-6-10-18/h1-13,23-24H. The summed E-state index contributed by atoms with van der Waals surface area (Å²) in [5, 5.41) is 0. The van der Waals surface area contributed by atoms with Gasteiger partial charge in [0.15, 0.2) is 0 Å². The maximum atomic E-state index is 13.3. The van der Waals surface area contributed by atoms with Gasteiger partial charge in [-0.25, -0.2) is 16.8 Å². The zero-order valence-corrected chi connectivity index (χ0v) is 16.7. The van der Waals surface area contributed by atoms with Gasteiger partial charge >= 0.3 is 6.18 Å². The molecule has 30 heavy (non-hydrogen) atoms. The van der Waals surface area contributed by atoms with Gasteiger partial charge in [-0.2, -0.15) is 13.2 Å². The van der Waals surface area contributed by atoms with E-state index >= 15 is 0 Å². The molecule has 0 bridgehead atoms. The van der Waals surface area contributed by atoms with Crippen molar-refractivity contribution < 1.29 is 30.0 Å². The Labute approximate surface area is 171 Å². The molecule has 0 radical (unpaired) electrons. The van der Waals surface area contributed by atoms with Crippen LogP contribution in [0.25, 0.3) is 0 Å². The number of hydrogen-bond acceptors (Lipinski definition) is 4. The molecule has 0 saturated heterocycles. The summed E-state index contributed by atoms with van der Waals surface area (Å²) in [6.07, 6.45) is -4.83. The average Bonchev–Trinajstić information content (AvgIpc) is 2.68. The van der Waals surface area contributed by atoms with Crippen LogP contribution in [-0.4, -0.2) is 16.8 Å². The first-order valence-corrected chi connectivity index (χ1v) is 11.3. The molecule has 0 heterocycles. The van der Waals surface area contributed by atoms with Gasteiger partial charge < -0.3 is 0 Å². The molecule has 158 valence electrons. The first kappa shape index (κ1) is 21.7. The van der Waals surface area contributed by atoms with Crippen molar-refractivity contribution in [3.8, 4) is 0 Å². The maximum Gasteiger partial charge on any atom is 0.416 e. The number of sulfonamides is 2. The Morgan fingerprint density at radius 1 is 0.600 bits per heavy atom. The first-order chi connectivity index (χ1) is 14.0. The molecule has 11 heteroatoms. The van der Waals surface area contributed by atoms with E-state index in [2.05, 4.69) is 9.44 Å². The van der Waals surface area contributed by atoms with Crippen molar-refractivity contribution in [3.05, 3.63) is 84.4 Å². The Balaban J connectivity index is 2.01. The van der Waals surface area contributed by atoms with E-state index < -0.39 is 43.2 Å². The van der Waals surface area contributed by atoms with Crippen LogP contribution in [0.1, 0.15) is 5.56 Å². The van der Waals surface area contributed by atoms with Crippen LogP contribution in [0, 0.1) is 0 Å². The van der Waals surface area contributed by atoms with Gasteiger partial charge in [0, 0.05) is 0 Å². The molecule has 2 N–H and O–H groups in total. The molecule has 0 aliphatic heterocycles. The van der Waals surface area contributed by atoms with E-state index in [0.717, 1.165) is 6.07 Å². The lowest BCUT2D eigenvalue weighted by Gasteiger charge is -2.15. The van der Waals surface area contributed by atoms with Gasteiger partial charge in [-0.1, -0.05) is 36.4 Å². The van der Waals surface area contributed by atoms with E-state index in [9.17, 15) is 30.0 Å². The third-order valence-corrected chi connectivity index (χ3v) is 6.67. The van der Waals surface area contributed by atoms with E-state index in [1.165, 1.54) is 48.5 Å². The molecule has 0 aliphatic rings. The molecule has 6 nitrogen and oxygen atoms in total. The van der Waals surface area contributed by atoms with Gasteiger partial charge in [0.05, 0.1) is 26.7 Å². The van der Waals surface area contributed by atoms with Gasteiger partial charge in [-0.05, 0) is 42.5 Å². The molecule has 0 fully saturated rings. The van der Waals surface area contributed by atoms with Gasteiger partial charge in [-0.15, -0.1) is 0 Å². The van der Waals surface area contributed by atoms with Crippen molar-refractivity contribution in [2.24, 2.45) is 0 Å². The van der Waals surface area contributed by atoms with Crippen LogP contribution in [0.4, 0.5) is 24.5 Å². The highest BCUT2D eigenvalue weighted by Gasteiger charge is 2.32. The molecule has 0 spiro atoms. The number of alkyl halides is 3. The Kier molecular flexibility index (Phi) is 5.77. The van der Waals surface area contributed by atoms with Gasteiger partial charge in [-0.3, -0.25) is 9.44 Å². The topological polar surface area (TPSA) is 92.3 Å². The van der Waals surface area contributed by atoms with Gasteiger partial charge in [0.2, 0.25) is 0 Å². The highest BCUT2D eigenvalue weighted by molar-refractivity contribution is 7.93. The normalized spacial score (nSPS) is 12.4. The summed E-state index contributed by atoms with van der Waals surface area (Å²) in [5.74, 6) is 0. The predicted molar refractivity (Wildman–Crippen MR) is 106 cm³/mol. The van der Waals surface area contributed by atoms with Gasteiger partial charge in [0.1, 0.15) is 0 Å². The molecule has 0 aromatic heterocycles. The minimum Gasteiger partial charge on any atom is -0.280 e. The fraction of sp³-hybridized carbons (Fsp3) is 0.0526. The molecular weight excluding hydrogens is 441 g/mol. The molecule has 0 atom stereocenters. The predicted octanol–water partition coefficient (Wildman–Crippen LogP) is 4.31. The summed E-state index contributed by atoms with van der Waals surface area (Å²) < 4.78 is 93.8. The molecule has 0 saturated carbocycles. The van der Waals surface area contributed by atoms with Crippen LogP contribution >= 0.6 is 0 Å². The van der Waals surface area contributed by atoms with Crippen LogP contribution in [0.2, 0.25) is 0 Å². The fourth-order valence-electron chi connectivity index (χ4n) is 2.54. The largest absolute Gasteiger partial charge is 0.416 e. The van der Waals surface area contributed by atoms with E-state index in [1.807, 2.05) is 0 Å². The Morgan fingerprint density at radius 2 is 0.967 bits per heavy atom. The summed E-state index contributed by atoms with van der Waals surface area (Å²) in [5.41, 5.74) is -2.11. The van der Waals surface area contributed by atoms with Crippen molar-refractivity contribution in [2.45, 2.75) is 16.0 Å².